The van der Waals surface area contributed by atoms with Crippen molar-refractivity contribution < 1.29 is 9.18 Å². The van der Waals surface area contributed by atoms with Crippen LogP contribution in [0.25, 0.3) is 10.8 Å². The fourth-order valence-corrected chi connectivity index (χ4v) is 3.44. The summed E-state index contributed by atoms with van der Waals surface area (Å²) >= 11 is 1.21. The van der Waals surface area contributed by atoms with Crippen LogP contribution in [0.3, 0.4) is 0 Å². The van der Waals surface area contributed by atoms with Crippen molar-refractivity contribution in [1.82, 2.24) is 5.32 Å². The summed E-state index contributed by atoms with van der Waals surface area (Å²) in [5.41, 5.74) is 1.08. The quantitative estimate of drug-likeness (QED) is 0.667. The summed E-state index contributed by atoms with van der Waals surface area (Å²) in [5.74, 6) is -0.211. The normalized spacial score (nSPS) is 12.1. The molecular weight excluding hydrogens is 321 g/mol. The molecule has 2 nitrogen and oxygen atoms in total. The molecule has 1 amide bonds. The van der Waals surface area contributed by atoms with Gasteiger partial charge in [0.25, 0.3) is 0 Å². The molecule has 4 heteroatoms. The highest BCUT2D eigenvalue weighted by molar-refractivity contribution is 8.00. The van der Waals surface area contributed by atoms with Crippen LogP contribution in [-0.2, 0) is 4.79 Å². The number of fused-ring (bicyclic) bond motifs is 1. The molecule has 0 radical (unpaired) electrons. The van der Waals surface area contributed by atoms with Gasteiger partial charge in [-0.3, -0.25) is 4.79 Å². The van der Waals surface area contributed by atoms with E-state index in [1.54, 1.807) is 18.2 Å². The number of thioether (sulfide) groups is 1. The molecule has 1 N–H and O–H groups in total. The number of carbonyl (C=O) groups is 1. The van der Waals surface area contributed by atoms with Gasteiger partial charge in [0.2, 0.25) is 5.91 Å². The second-order valence-corrected chi connectivity index (χ2v) is 6.59. The molecule has 0 aliphatic heterocycles. The minimum atomic E-state index is -0.294. The summed E-state index contributed by atoms with van der Waals surface area (Å²) in [5, 5.41) is 5.28. The monoisotopic (exact) mass is 339 g/mol. The Morgan fingerprint density at radius 1 is 1.04 bits per heavy atom. The number of carbonyl (C=O) groups excluding carboxylic acids is 1. The van der Waals surface area contributed by atoms with Crippen LogP contribution in [0.1, 0.15) is 18.5 Å². The number of rotatable bonds is 5. The van der Waals surface area contributed by atoms with Crippen molar-refractivity contribution in [2.45, 2.75) is 17.9 Å². The Hall–Kier alpha value is -2.33. The molecule has 0 saturated heterocycles. The number of hydrogen-bond acceptors (Lipinski definition) is 2. The van der Waals surface area contributed by atoms with Crippen molar-refractivity contribution in [3.05, 3.63) is 78.1 Å². The van der Waals surface area contributed by atoms with Gasteiger partial charge >= 0.3 is 0 Å². The summed E-state index contributed by atoms with van der Waals surface area (Å²) in [7, 11) is 0. The van der Waals surface area contributed by atoms with E-state index < -0.39 is 0 Å². The molecule has 3 aromatic rings. The van der Waals surface area contributed by atoms with E-state index in [2.05, 4.69) is 23.5 Å². The molecule has 0 heterocycles. The van der Waals surface area contributed by atoms with Crippen molar-refractivity contribution in [2.24, 2.45) is 0 Å². The number of hydrogen-bond donors (Lipinski definition) is 1. The smallest absolute Gasteiger partial charge is 0.230 e. The van der Waals surface area contributed by atoms with Gasteiger partial charge in [-0.1, -0.05) is 54.6 Å². The maximum absolute atomic E-state index is 13.6. The van der Waals surface area contributed by atoms with Gasteiger partial charge in [-0.15, -0.1) is 11.8 Å². The third-order valence-corrected chi connectivity index (χ3v) is 4.91. The summed E-state index contributed by atoms with van der Waals surface area (Å²) < 4.78 is 13.6. The molecule has 0 saturated carbocycles. The molecule has 0 aliphatic carbocycles. The zero-order chi connectivity index (χ0) is 16.9. The van der Waals surface area contributed by atoms with Crippen LogP contribution in [0.2, 0.25) is 0 Å². The molecule has 0 aromatic heterocycles. The van der Waals surface area contributed by atoms with Crippen LogP contribution in [0.15, 0.2) is 71.6 Å². The molecule has 0 spiro atoms. The lowest BCUT2D eigenvalue weighted by atomic mass is 10.00. The Morgan fingerprint density at radius 3 is 2.58 bits per heavy atom. The Balaban J connectivity index is 1.67. The van der Waals surface area contributed by atoms with E-state index in [1.807, 2.05) is 31.2 Å². The Kier molecular flexibility index (Phi) is 5.16. The van der Waals surface area contributed by atoms with Gasteiger partial charge in [0.15, 0.2) is 0 Å². The first kappa shape index (κ1) is 16.5. The number of amides is 1. The van der Waals surface area contributed by atoms with E-state index in [9.17, 15) is 9.18 Å². The molecule has 122 valence electrons. The highest BCUT2D eigenvalue weighted by Crippen LogP contribution is 2.25. The fourth-order valence-electron chi connectivity index (χ4n) is 2.69. The average Bonchev–Trinajstić information content (AvgIpc) is 2.60. The first-order valence-corrected chi connectivity index (χ1v) is 8.78. The minimum absolute atomic E-state index is 0.107. The zero-order valence-electron chi connectivity index (χ0n) is 13.3. The number of nitrogens with one attached hydrogen (secondary N) is 1. The molecular formula is C20H18FNOS. The van der Waals surface area contributed by atoms with Crippen LogP contribution in [0.4, 0.5) is 4.39 Å². The van der Waals surface area contributed by atoms with Crippen molar-refractivity contribution in [2.75, 3.05) is 5.75 Å². The molecule has 0 bridgehead atoms. The predicted octanol–water partition coefficient (Wildman–Crippen LogP) is 4.95. The summed E-state index contributed by atoms with van der Waals surface area (Å²) in [6.07, 6.45) is 0. The highest BCUT2D eigenvalue weighted by atomic mass is 32.2. The van der Waals surface area contributed by atoms with Crippen LogP contribution in [-0.4, -0.2) is 11.7 Å². The third-order valence-electron chi connectivity index (χ3n) is 3.86. The predicted molar refractivity (Wildman–Crippen MR) is 97.6 cm³/mol. The summed E-state index contributed by atoms with van der Waals surface area (Å²) in [4.78, 5) is 12.7. The lowest BCUT2D eigenvalue weighted by Gasteiger charge is -2.16. The maximum Gasteiger partial charge on any atom is 0.230 e. The van der Waals surface area contributed by atoms with E-state index in [1.165, 1.54) is 17.8 Å². The van der Waals surface area contributed by atoms with Gasteiger partial charge in [0.1, 0.15) is 5.82 Å². The second-order valence-electron chi connectivity index (χ2n) is 5.58. The van der Waals surface area contributed by atoms with Crippen LogP contribution in [0, 0.1) is 5.82 Å². The minimum Gasteiger partial charge on any atom is -0.349 e. The second kappa shape index (κ2) is 7.49. The molecule has 3 aromatic carbocycles. The lowest BCUT2D eigenvalue weighted by Crippen LogP contribution is -2.28. The topological polar surface area (TPSA) is 29.1 Å². The first-order chi connectivity index (χ1) is 11.6. The van der Waals surface area contributed by atoms with Crippen LogP contribution in [0.5, 0.6) is 0 Å². The molecule has 3 rings (SSSR count). The molecule has 0 fully saturated rings. The van der Waals surface area contributed by atoms with Crippen molar-refractivity contribution >= 4 is 28.4 Å². The highest BCUT2D eigenvalue weighted by Gasteiger charge is 2.13. The molecule has 24 heavy (non-hydrogen) atoms. The Labute approximate surface area is 145 Å². The third kappa shape index (κ3) is 3.77. The summed E-state index contributed by atoms with van der Waals surface area (Å²) in [6, 6.07) is 20.6. The Bertz CT molecular complexity index is 860. The fraction of sp³-hybridized carbons (Fsp3) is 0.150. The van der Waals surface area contributed by atoms with Gasteiger partial charge in [0, 0.05) is 4.90 Å². The largest absolute Gasteiger partial charge is 0.349 e. The molecule has 0 unspecified atom stereocenters. The van der Waals surface area contributed by atoms with E-state index >= 15 is 0 Å². The van der Waals surface area contributed by atoms with Crippen molar-refractivity contribution in [3.8, 4) is 0 Å². The van der Waals surface area contributed by atoms with Crippen LogP contribution >= 0.6 is 11.8 Å². The molecule has 0 aliphatic rings. The van der Waals surface area contributed by atoms with Gasteiger partial charge in [0.05, 0.1) is 11.8 Å². The van der Waals surface area contributed by atoms with Gasteiger partial charge in [-0.2, -0.15) is 0 Å². The average molecular weight is 339 g/mol. The number of benzene rings is 3. The van der Waals surface area contributed by atoms with Crippen molar-refractivity contribution in [1.29, 1.82) is 0 Å². The first-order valence-electron chi connectivity index (χ1n) is 7.79. The maximum atomic E-state index is 13.6. The SMILES string of the molecule is C[C@@H](NC(=O)CSc1ccccc1F)c1cccc2ccccc12. The lowest BCUT2D eigenvalue weighted by molar-refractivity contribution is -0.119. The standard InChI is InChI=1S/C20H18FNOS/c1-14(16-10-6-8-15-7-2-3-9-17(15)16)22-20(23)13-24-19-12-5-4-11-18(19)21/h2-12,14H,13H2,1H3,(H,22,23)/t14-/m1/s1. The Morgan fingerprint density at radius 2 is 1.75 bits per heavy atom. The number of halogens is 1. The van der Waals surface area contributed by atoms with Crippen molar-refractivity contribution in [3.63, 3.8) is 0 Å². The van der Waals surface area contributed by atoms with E-state index in [-0.39, 0.29) is 23.5 Å². The van der Waals surface area contributed by atoms with Gasteiger partial charge in [-0.25, -0.2) is 4.39 Å². The molecule has 1 atom stereocenters. The van der Waals surface area contributed by atoms with E-state index in [0.29, 0.717) is 4.90 Å². The summed E-state index contributed by atoms with van der Waals surface area (Å²) in [6.45, 7) is 1.97. The van der Waals surface area contributed by atoms with E-state index in [0.717, 1.165) is 16.3 Å². The van der Waals surface area contributed by atoms with Gasteiger partial charge in [-0.05, 0) is 35.4 Å². The van der Waals surface area contributed by atoms with E-state index in [4.69, 9.17) is 0 Å². The zero-order valence-corrected chi connectivity index (χ0v) is 14.1. The van der Waals surface area contributed by atoms with Gasteiger partial charge < -0.3 is 5.32 Å². The van der Waals surface area contributed by atoms with Crippen LogP contribution < -0.4 is 5.32 Å².